The summed E-state index contributed by atoms with van der Waals surface area (Å²) in [7, 11) is 1.41. The summed E-state index contributed by atoms with van der Waals surface area (Å²) in [5.74, 6) is -1.52. The lowest BCUT2D eigenvalue weighted by Crippen LogP contribution is -2.51. The van der Waals surface area contributed by atoms with Crippen LogP contribution in [0.2, 0.25) is 5.02 Å². The van der Waals surface area contributed by atoms with Crippen LogP contribution in [0.25, 0.3) is 0 Å². The van der Waals surface area contributed by atoms with Gasteiger partial charge in [0.1, 0.15) is 5.92 Å². The molecule has 1 heterocycles. The molecule has 0 unspecified atom stereocenters. The van der Waals surface area contributed by atoms with Crippen LogP contribution in [-0.4, -0.2) is 38.2 Å². The molecule has 4 N–H and O–H groups in total. The molecule has 0 saturated carbocycles. The summed E-state index contributed by atoms with van der Waals surface area (Å²) in [6, 6.07) is 1.72. The van der Waals surface area contributed by atoms with E-state index in [0.717, 1.165) is 0 Å². The smallest absolute Gasteiger partial charge is 0.319 e. The van der Waals surface area contributed by atoms with E-state index >= 15 is 0 Å². The summed E-state index contributed by atoms with van der Waals surface area (Å²) in [5.41, 5.74) is 5.97. The molecule has 10 heteroatoms. The Morgan fingerprint density at radius 2 is 2.00 bits per heavy atom. The maximum Gasteiger partial charge on any atom is 0.319 e. The molecule has 1 aromatic carbocycles. The topological polar surface area (TPSA) is 129 Å². The van der Waals surface area contributed by atoms with Crippen molar-refractivity contribution in [3.05, 3.63) is 34.5 Å². The normalized spacial score (nSPS) is 19.9. The number of halogens is 1. The van der Waals surface area contributed by atoms with Gasteiger partial charge in [0.25, 0.3) is 5.91 Å². The van der Waals surface area contributed by atoms with Crippen LogP contribution in [0.3, 0.4) is 0 Å². The Morgan fingerprint density at radius 3 is 2.59 bits per heavy atom. The second-order valence-corrected chi connectivity index (χ2v) is 6.56. The number of benzene rings is 1. The number of nitrogens with two attached hydrogens (primary N) is 1. The molecule has 0 spiro atoms. The molecule has 0 aromatic heterocycles. The molecule has 1 aliphatic rings. The number of hydrogen-bond acceptors (Lipinski definition) is 6. The number of methoxy groups -OCH3 is 1. The summed E-state index contributed by atoms with van der Waals surface area (Å²) in [6.45, 7) is 3.42. The van der Waals surface area contributed by atoms with Gasteiger partial charge in [-0.15, -0.1) is 0 Å². The predicted octanol–water partition coefficient (Wildman–Crippen LogP) is 2.04. The van der Waals surface area contributed by atoms with Crippen LogP contribution in [0.1, 0.15) is 31.9 Å². The fourth-order valence-corrected chi connectivity index (χ4v) is 3.28. The molecule has 2 rings (SSSR count). The van der Waals surface area contributed by atoms with Crippen LogP contribution < -0.4 is 25.8 Å². The molecule has 0 aliphatic carbocycles. The highest BCUT2D eigenvalue weighted by molar-refractivity contribution is 6.31. The average molecular weight is 426 g/mol. The van der Waals surface area contributed by atoms with Gasteiger partial charge in [-0.3, -0.25) is 9.59 Å². The molecular weight excluding hydrogens is 402 g/mol. The van der Waals surface area contributed by atoms with Crippen LogP contribution in [0, 0.1) is 5.92 Å². The van der Waals surface area contributed by atoms with Gasteiger partial charge in [0, 0.05) is 16.8 Å². The van der Waals surface area contributed by atoms with E-state index in [0.29, 0.717) is 17.7 Å². The number of ether oxygens (including phenoxy) is 3. The first-order valence-electron chi connectivity index (χ1n) is 9.05. The van der Waals surface area contributed by atoms with E-state index < -0.39 is 29.9 Å². The number of primary amides is 1. The van der Waals surface area contributed by atoms with Crippen LogP contribution in [-0.2, 0) is 14.3 Å². The summed E-state index contributed by atoms with van der Waals surface area (Å²) in [6.07, 6.45) is 2.36. The minimum atomic E-state index is -0.827. The Kier molecular flexibility index (Phi) is 7.72. The zero-order valence-corrected chi connectivity index (χ0v) is 17.2. The molecule has 1 saturated heterocycles. The maximum absolute atomic E-state index is 12.7. The Labute approximate surface area is 173 Å². The second-order valence-electron chi connectivity index (χ2n) is 6.15. The van der Waals surface area contributed by atoms with Crippen molar-refractivity contribution < 1.29 is 28.6 Å². The van der Waals surface area contributed by atoms with Crippen molar-refractivity contribution in [3.8, 4) is 11.5 Å². The fraction of sp³-hybridized carbons (Fsp3) is 0.421. The minimum absolute atomic E-state index is 0.187. The van der Waals surface area contributed by atoms with Crippen molar-refractivity contribution in [2.24, 2.45) is 11.7 Å². The van der Waals surface area contributed by atoms with Crippen LogP contribution in [0.15, 0.2) is 23.9 Å². The monoisotopic (exact) mass is 425 g/mol. The SMILES string of the molecule is CC/C=C1/NC(=O)N[C@H](c2cc(OC)c(OCC(N)=O)cc2Cl)[C@@H]1C(=O)OCC. The summed E-state index contributed by atoms with van der Waals surface area (Å²) >= 11 is 6.43. The number of nitrogens with one attached hydrogen (secondary N) is 2. The molecule has 1 fully saturated rings. The highest BCUT2D eigenvalue weighted by Crippen LogP contribution is 2.40. The van der Waals surface area contributed by atoms with Crippen molar-refractivity contribution in [2.45, 2.75) is 26.3 Å². The Hall–Kier alpha value is -2.94. The van der Waals surface area contributed by atoms with E-state index in [-0.39, 0.29) is 29.7 Å². The Bertz CT molecular complexity index is 826. The second kappa shape index (κ2) is 10.0. The average Bonchev–Trinajstić information content (AvgIpc) is 2.66. The lowest BCUT2D eigenvalue weighted by atomic mass is 9.87. The van der Waals surface area contributed by atoms with Gasteiger partial charge in [-0.05, 0) is 25.0 Å². The number of allylic oxidation sites excluding steroid dienone is 1. The van der Waals surface area contributed by atoms with E-state index in [1.54, 1.807) is 19.1 Å². The third-order valence-corrected chi connectivity index (χ3v) is 4.49. The van der Waals surface area contributed by atoms with E-state index in [1.165, 1.54) is 13.2 Å². The number of urea groups is 1. The third kappa shape index (κ3) is 5.32. The molecule has 29 heavy (non-hydrogen) atoms. The van der Waals surface area contributed by atoms with Crippen LogP contribution >= 0.6 is 11.6 Å². The number of carbonyl (C=O) groups is 3. The van der Waals surface area contributed by atoms with Gasteiger partial charge in [-0.25, -0.2) is 4.79 Å². The first-order chi connectivity index (χ1) is 13.8. The molecule has 2 atom stereocenters. The first-order valence-corrected chi connectivity index (χ1v) is 9.42. The van der Waals surface area contributed by atoms with Gasteiger partial charge in [0.15, 0.2) is 18.1 Å². The largest absolute Gasteiger partial charge is 0.493 e. The number of amides is 3. The maximum atomic E-state index is 12.7. The van der Waals surface area contributed by atoms with Gasteiger partial charge in [0.05, 0.1) is 19.8 Å². The number of rotatable bonds is 8. The van der Waals surface area contributed by atoms with Gasteiger partial charge < -0.3 is 30.6 Å². The summed E-state index contributed by atoms with van der Waals surface area (Å²) < 4.78 is 15.8. The molecule has 1 aromatic rings. The zero-order chi connectivity index (χ0) is 21.6. The molecule has 0 radical (unpaired) electrons. The number of esters is 1. The van der Waals surface area contributed by atoms with Crippen LogP contribution in [0.4, 0.5) is 4.79 Å². The Balaban J connectivity index is 2.52. The highest BCUT2D eigenvalue weighted by Gasteiger charge is 2.40. The Morgan fingerprint density at radius 1 is 1.28 bits per heavy atom. The standard InChI is InChI=1S/C19H24ClN3O6/c1-4-6-12-16(18(25)28-5-2)17(23-19(26)22-12)10-7-13(27-3)14(8-11(10)20)29-9-15(21)24/h6-8,16-17H,4-5,9H2,1-3H3,(H2,21,24)(H2,22,23,26)/b12-6+/t16-,17-/m1/s1. The van der Waals surface area contributed by atoms with Gasteiger partial charge in [-0.2, -0.15) is 0 Å². The van der Waals surface area contributed by atoms with Crippen molar-refractivity contribution >= 4 is 29.5 Å². The van der Waals surface area contributed by atoms with E-state index in [9.17, 15) is 14.4 Å². The lowest BCUT2D eigenvalue weighted by Gasteiger charge is -2.34. The molecule has 9 nitrogen and oxygen atoms in total. The van der Waals surface area contributed by atoms with E-state index in [4.69, 9.17) is 31.5 Å². The van der Waals surface area contributed by atoms with Gasteiger partial charge in [0.2, 0.25) is 0 Å². The van der Waals surface area contributed by atoms with Crippen molar-refractivity contribution in [3.63, 3.8) is 0 Å². The number of carbonyl (C=O) groups excluding carboxylic acids is 3. The minimum Gasteiger partial charge on any atom is -0.493 e. The van der Waals surface area contributed by atoms with Crippen LogP contribution in [0.5, 0.6) is 11.5 Å². The first kappa shape index (κ1) is 22.4. The zero-order valence-electron chi connectivity index (χ0n) is 16.4. The molecule has 3 amide bonds. The van der Waals surface area contributed by atoms with E-state index in [1.807, 2.05) is 6.92 Å². The van der Waals surface area contributed by atoms with Gasteiger partial charge >= 0.3 is 12.0 Å². The molecule has 158 valence electrons. The fourth-order valence-electron chi connectivity index (χ4n) is 3.01. The van der Waals surface area contributed by atoms with Crippen molar-refractivity contribution in [1.29, 1.82) is 0 Å². The summed E-state index contributed by atoms with van der Waals surface area (Å²) in [5, 5.41) is 5.59. The number of hydrogen-bond donors (Lipinski definition) is 3. The molecule has 1 aliphatic heterocycles. The predicted molar refractivity (Wildman–Crippen MR) is 106 cm³/mol. The quantitative estimate of drug-likeness (QED) is 0.546. The van der Waals surface area contributed by atoms with Crippen molar-refractivity contribution in [1.82, 2.24) is 10.6 Å². The van der Waals surface area contributed by atoms with Crippen molar-refractivity contribution in [2.75, 3.05) is 20.3 Å². The molecular formula is C19H24ClN3O6. The molecule has 0 bridgehead atoms. The van der Waals surface area contributed by atoms with Gasteiger partial charge in [-0.1, -0.05) is 24.6 Å². The lowest BCUT2D eigenvalue weighted by molar-refractivity contribution is -0.148. The third-order valence-electron chi connectivity index (χ3n) is 4.17. The van der Waals surface area contributed by atoms with E-state index in [2.05, 4.69) is 10.6 Å². The summed E-state index contributed by atoms with van der Waals surface area (Å²) in [4.78, 5) is 35.9. The highest BCUT2D eigenvalue weighted by atomic mass is 35.5.